The Kier molecular flexibility index (Phi) is 5.88. The number of hydrogen-bond acceptors (Lipinski definition) is 9. The third-order valence-corrected chi connectivity index (χ3v) is 5.54. The van der Waals surface area contributed by atoms with Crippen LogP contribution in [0.4, 0.5) is 17.5 Å². The fourth-order valence-electron chi connectivity index (χ4n) is 3.84. The highest BCUT2D eigenvalue weighted by atomic mass is 16.5. The maximum atomic E-state index is 12.0. The molecule has 0 saturated heterocycles. The van der Waals surface area contributed by atoms with Crippen molar-refractivity contribution in [3.63, 3.8) is 0 Å². The van der Waals surface area contributed by atoms with E-state index in [1.165, 1.54) is 0 Å². The first-order valence-electron chi connectivity index (χ1n) is 10.9. The molecule has 0 aliphatic carbocycles. The van der Waals surface area contributed by atoms with Gasteiger partial charge in [0.05, 0.1) is 18.2 Å². The molecule has 10 heteroatoms. The molecule has 1 aliphatic rings. The van der Waals surface area contributed by atoms with Gasteiger partial charge in [0, 0.05) is 30.9 Å². The smallest absolute Gasteiger partial charge is 0.251 e. The molecule has 0 spiro atoms. The third-order valence-electron chi connectivity index (χ3n) is 5.54. The average Bonchev–Trinajstić information content (AvgIpc) is 3.29. The summed E-state index contributed by atoms with van der Waals surface area (Å²) in [5.74, 6) is 1.49. The van der Waals surface area contributed by atoms with Crippen molar-refractivity contribution in [1.29, 1.82) is 0 Å². The van der Waals surface area contributed by atoms with Gasteiger partial charge >= 0.3 is 0 Å². The number of aliphatic hydroxyl groups excluding tert-OH is 1. The summed E-state index contributed by atoms with van der Waals surface area (Å²) < 4.78 is 5.14. The molecule has 1 atom stereocenters. The molecule has 5 rings (SSSR count). The molecule has 1 amide bonds. The predicted molar refractivity (Wildman–Crippen MR) is 126 cm³/mol. The Morgan fingerprint density at radius 3 is 2.76 bits per heavy atom. The van der Waals surface area contributed by atoms with E-state index >= 15 is 0 Å². The minimum Gasteiger partial charge on any atom is -0.394 e. The molecule has 10 nitrogen and oxygen atoms in total. The van der Waals surface area contributed by atoms with Gasteiger partial charge in [-0.25, -0.2) is 4.98 Å². The predicted octanol–water partition coefficient (Wildman–Crippen LogP) is 3.01. The van der Waals surface area contributed by atoms with Crippen molar-refractivity contribution in [3.8, 4) is 11.4 Å². The van der Waals surface area contributed by atoms with Crippen LogP contribution in [0, 0.1) is 6.92 Å². The van der Waals surface area contributed by atoms with Crippen molar-refractivity contribution in [2.75, 3.05) is 23.8 Å². The lowest BCUT2D eigenvalue weighted by Crippen LogP contribution is -2.31. The Bertz CT molecular complexity index is 1320. The van der Waals surface area contributed by atoms with Crippen molar-refractivity contribution >= 4 is 23.4 Å². The number of rotatable bonds is 7. The fraction of sp³-hybridized carbons (Fsp3) is 0.208. The normalized spacial score (nSPS) is 13.6. The monoisotopic (exact) mass is 457 g/mol. The van der Waals surface area contributed by atoms with Gasteiger partial charge < -0.3 is 25.6 Å². The van der Waals surface area contributed by atoms with Crippen LogP contribution in [0.25, 0.3) is 11.4 Å². The van der Waals surface area contributed by atoms with E-state index in [9.17, 15) is 9.90 Å². The van der Waals surface area contributed by atoms with Gasteiger partial charge in [0.2, 0.25) is 17.7 Å². The lowest BCUT2D eigenvalue weighted by Gasteiger charge is -2.20. The van der Waals surface area contributed by atoms with Crippen LogP contribution in [0.1, 0.15) is 33.4 Å². The van der Waals surface area contributed by atoms with Crippen LogP contribution in [0.5, 0.6) is 0 Å². The van der Waals surface area contributed by atoms with Gasteiger partial charge in [0.15, 0.2) is 0 Å². The second-order valence-corrected chi connectivity index (χ2v) is 7.89. The summed E-state index contributed by atoms with van der Waals surface area (Å²) in [6.45, 7) is 2.17. The SMILES string of the molecule is Cc1nc(-c2cnc(Nc3ccc4c(c3)CCNC4=O)nc2N[C@H](CO)c2ccccc2)no1. The minimum atomic E-state index is -0.405. The number of hydrogen-bond donors (Lipinski definition) is 4. The van der Waals surface area contributed by atoms with Gasteiger partial charge in [-0.3, -0.25) is 4.79 Å². The molecule has 0 unspecified atom stereocenters. The first-order valence-corrected chi connectivity index (χ1v) is 10.9. The number of benzene rings is 2. The zero-order chi connectivity index (χ0) is 23.5. The van der Waals surface area contributed by atoms with Crippen LogP contribution in [-0.2, 0) is 6.42 Å². The molecule has 0 saturated carbocycles. The number of aromatic nitrogens is 4. The van der Waals surface area contributed by atoms with Crippen molar-refractivity contribution in [1.82, 2.24) is 25.4 Å². The molecular weight excluding hydrogens is 434 g/mol. The standard InChI is InChI=1S/C24H23N7O3/c1-14-27-22(31-34-14)19-12-26-24(28-17-7-8-18-16(11-17)9-10-25-23(18)33)30-21(19)29-20(13-32)15-5-3-2-4-6-15/h2-8,11-12,20,32H,9-10,13H2,1H3,(H,25,33)(H2,26,28,29,30)/t20-/m1/s1. The zero-order valence-electron chi connectivity index (χ0n) is 18.4. The molecule has 3 heterocycles. The third kappa shape index (κ3) is 4.44. The van der Waals surface area contributed by atoms with Crippen LogP contribution >= 0.6 is 0 Å². The Morgan fingerprint density at radius 1 is 1.15 bits per heavy atom. The summed E-state index contributed by atoms with van der Waals surface area (Å²) in [5.41, 5.74) is 3.86. The second-order valence-electron chi connectivity index (χ2n) is 7.89. The lowest BCUT2D eigenvalue weighted by molar-refractivity contribution is 0.0946. The molecule has 1 aliphatic heterocycles. The number of anilines is 3. The molecule has 2 aromatic heterocycles. The molecule has 4 N–H and O–H groups in total. The van der Waals surface area contributed by atoms with E-state index in [4.69, 9.17) is 4.52 Å². The van der Waals surface area contributed by atoms with Gasteiger partial charge in [-0.2, -0.15) is 9.97 Å². The van der Waals surface area contributed by atoms with Crippen molar-refractivity contribution in [3.05, 3.63) is 77.3 Å². The number of amides is 1. The largest absolute Gasteiger partial charge is 0.394 e. The van der Waals surface area contributed by atoms with Crippen LogP contribution < -0.4 is 16.0 Å². The first-order chi connectivity index (χ1) is 16.6. The summed E-state index contributed by atoms with van der Waals surface area (Å²) in [6, 6.07) is 14.7. The maximum Gasteiger partial charge on any atom is 0.251 e. The van der Waals surface area contributed by atoms with E-state index in [0.29, 0.717) is 41.2 Å². The highest BCUT2D eigenvalue weighted by Crippen LogP contribution is 2.29. The molecule has 4 aromatic rings. The number of nitrogens with one attached hydrogen (secondary N) is 3. The Balaban J connectivity index is 1.48. The number of carbonyl (C=O) groups is 1. The van der Waals surface area contributed by atoms with Crippen molar-refractivity contribution < 1.29 is 14.4 Å². The molecule has 0 radical (unpaired) electrons. The quantitative estimate of drug-likeness (QED) is 0.330. The number of aryl methyl sites for hydroxylation is 1. The van der Waals surface area contributed by atoms with E-state index < -0.39 is 6.04 Å². The summed E-state index contributed by atoms with van der Waals surface area (Å²) in [7, 11) is 0. The Labute approximate surface area is 195 Å². The van der Waals surface area contributed by atoms with Crippen LogP contribution in [0.3, 0.4) is 0 Å². The fourth-order valence-corrected chi connectivity index (χ4v) is 3.84. The first kappa shape index (κ1) is 21.5. The molecule has 0 bridgehead atoms. The van der Waals surface area contributed by atoms with E-state index in [0.717, 1.165) is 23.2 Å². The molecule has 0 fully saturated rings. The van der Waals surface area contributed by atoms with Gasteiger partial charge in [-0.15, -0.1) is 0 Å². The van der Waals surface area contributed by atoms with E-state index in [2.05, 4.69) is 36.1 Å². The number of fused-ring (bicyclic) bond motifs is 1. The molecular formula is C24H23N7O3. The van der Waals surface area contributed by atoms with Crippen LogP contribution in [0.2, 0.25) is 0 Å². The molecule has 2 aromatic carbocycles. The number of aliphatic hydroxyl groups is 1. The Morgan fingerprint density at radius 2 is 2.00 bits per heavy atom. The topological polar surface area (TPSA) is 138 Å². The number of carbonyl (C=O) groups excluding carboxylic acids is 1. The molecule has 34 heavy (non-hydrogen) atoms. The average molecular weight is 457 g/mol. The van der Waals surface area contributed by atoms with E-state index in [1.54, 1.807) is 19.2 Å². The van der Waals surface area contributed by atoms with Crippen molar-refractivity contribution in [2.45, 2.75) is 19.4 Å². The summed E-state index contributed by atoms with van der Waals surface area (Å²) in [5, 5.41) is 23.4. The minimum absolute atomic E-state index is 0.0637. The summed E-state index contributed by atoms with van der Waals surface area (Å²) in [4.78, 5) is 25.4. The van der Waals surface area contributed by atoms with Gasteiger partial charge in [0.1, 0.15) is 5.82 Å². The van der Waals surface area contributed by atoms with Gasteiger partial charge in [-0.1, -0.05) is 35.5 Å². The van der Waals surface area contributed by atoms with E-state index in [1.807, 2.05) is 42.5 Å². The highest BCUT2D eigenvalue weighted by molar-refractivity contribution is 5.97. The van der Waals surface area contributed by atoms with Gasteiger partial charge in [0.25, 0.3) is 5.91 Å². The van der Waals surface area contributed by atoms with Crippen LogP contribution in [-0.4, -0.2) is 44.3 Å². The highest BCUT2D eigenvalue weighted by Gasteiger charge is 2.20. The Hall–Kier alpha value is -4.31. The lowest BCUT2D eigenvalue weighted by atomic mass is 10.00. The zero-order valence-corrected chi connectivity index (χ0v) is 18.4. The maximum absolute atomic E-state index is 12.0. The van der Waals surface area contributed by atoms with E-state index in [-0.39, 0.29) is 12.5 Å². The van der Waals surface area contributed by atoms with Crippen LogP contribution in [0.15, 0.2) is 59.3 Å². The summed E-state index contributed by atoms with van der Waals surface area (Å²) in [6.07, 6.45) is 2.36. The van der Waals surface area contributed by atoms with Gasteiger partial charge in [-0.05, 0) is 35.7 Å². The number of nitrogens with zero attached hydrogens (tertiary/aromatic N) is 4. The summed E-state index contributed by atoms with van der Waals surface area (Å²) >= 11 is 0. The molecule has 172 valence electrons. The van der Waals surface area contributed by atoms with Crippen molar-refractivity contribution in [2.24, 2.45) is 0 Å². The second kappa shape index (κ2) is 9.28.